The average molecular weight is 508 g/mol. The second-order valence-electron chi connectivity index (χ2n) is 8.61. The zero-order valence-corrected chi connectivity index (χ0v) is 20.7. The first kappa shape index (κ1) is 25.1. The Balaban J connectivity index is 1.91. The Hall–Kier alpha value is -4.02. The summed E-state index contributed by atoms with van der Waals surface area (Å²) in [5.74, 6) is -1.37. The summed E-state index contributed by atoms with van der Waals surface area (Å²) in [4.78, 5) is 31.7. The fraction of sp³-hybridized carbons (Fsp3) is 0.192. The second-order valence-corrected chi connectivity index (χ2v) is 10.2. The molecule has 1 aliphatic heterocycles. The van der Waals surface area contributed by atoms with Gasteiger partial charge in [0.15, 0.2) is 0 Å². The van der Waals surface area contributed by atoms with Gasteiger partial charge in [-0.2, -0.15) is 0 Å². The van der Waals surface area contributed by atoms with Gasteiger partial charge in [0, 0.05) is 23.6 Å². The van der Waals surface area contributed by atoms with E-state index in [1.165, 1.54) is 35.4 Å². The van der Waals surface area contributed by atoms with Gasteiger partial charge in [-0.05, 0) is 65.6 Å². The minimum Gasteiger partial charge on any atom is -0.507 e. The number of anilines is 1. The molecular formula is C26H25N3O6S. The summed E-state index contributed by atoms with van der Waals surface area (Å²) in [5.41, 5.74) is 1.83. The monoisotopic (exact) mass is 507 g/mol. The van der Waals surface area contributed by atoms with Crippen molar-refractivity contribution in [3.05, 3.63) is 89.3 Å². The molecule has 0 spiro atoms. The fourth-order valence-electron chi connectivity index (χ4n) is 4.24. The molecule has 0 saturated carbocycles. The van der Waals surface area contributed by atoms with Crippen LogP contribution in [0, 0.1) is 0 Å². The molecule has 0 radical (unpaired) electrons. The summed E-state index contributed by atoms with van der Waals surface area (Å²) in [7, 11) is -2.40. The molecule has 3 aromatic rings. The van der Waals surface area contributed by atoms with E-state index in [0.29, 0.717) is 16.9 Å². The lowest BCUT2D eigenvalue weighted by Crippen LogP contribution is -2.29. The highest BCUT2D eigenvalue weighted by Crippen LogP contribution is 2.42. The number of sulfonamides is 1. The Bertz CT molecular complexity index is 1470. The molecule has 1 aromatic heterocycles. The molecule has 36 heavy (non-hydrogen) atoms. The largest absolute Gasteiger partial charge is 0.507 e. The molecule has 10 heteroatoms. The lowest BCUT2D eigenvalue weighted by molar-refractivity contribution is -0.132. The zero-order valence-electron chi connectivity index (χ0n) is 19.9. The maximum atomic E-state index is 13.3. The summed E-state index contributed by atoms with van der Waals surface area (Å²) in [6.07, 6.45) is 3.05. The van der Waals surface area contributed by atoms with Crippen LogP contribution in [0.15, 0.2) is 77.5 Å². The molecule has 0 aliphatic carbocycles. The molecule has 1 aliphatic rings. The third-order valence-corrected chi connectivity index (χ3v) is 6.94. The van der Waals surface area contributed by atoms with Crippen molar-refractivity contribution < 1.29 is 27.9 Å². The number of primary sulfonamides is 1. The van der Waals surface area contributed by atoms with Crippen molar-refractivity contribution in [2.75, 3.05) is 12.0 Å². The summed E-state index contributed by atoms with van der Waals surface area (Å²) in [5, 5.41) is 16.5. The smallest absolute Gasteiger partial charge is 0.300 e. The minimum atomic E-state index is -3.95. The number of rotatable bonds is 6. The van der Waals surface area contributed by atoms with Crippen LogP contribution in [0.1, 0.15) is 42.5 Å². The fourth-order valence-corrected chi connectivity index (χ4v) is 4.75. The SMILES string of the molecule is COc1ccc(/C(O)=C2/C(=O)C(=O)N(c3ccc(S(N)(=O)=O)cc3)C2c2cccnc2)cc1C(C)C. The molecule has 4 rings (SSSR count). The first-order valence-electron chi connectivity index (χ1n) is 11.1. The van der Waals surface area contributed by atoms with E-state index in [4.69, 9.17) is 9.88 Å². The quantitative estimate of drug-likeness (QED) is 0.296. The number of aliphatic hydroxyl groups is 1. The number of methoxy groups -OCH3 is 1. The van der Waals surface area contributed by atoms with Gasteiger partial charge in [0.2, 0.25) is 10.0 Å². The molecule has 9 nitrogen and oxygen atoms in total. The van der Waals surface area contributed by atoms with Crippen molar-refractivity contribution in [3.63, 3.8) is 0 Å². The number of benzene rings is 2. The van der Waals surface area contributed by atoms with Gasteiger partial charge in [-0.25, -0.2) is 13.6 Å². The van der Waals surface area contributed by atoms with Gasteiger partial charge >= 0.3 is 0 Å². The Morgan fingerprint density at radius 2 is 1.81 bits per heavy atom. The number of hydrogen-bond donors (Lipinski definition) is 2. The number of carbonyl (C=O) groups is 2. The Morgan fingerprint density at radius 3 is 2.36 bits per heavy atom. The highest BCUT2D eigenvalue weighted by molar-refractivity contribution is 7.89. The maximum Gasteiger partial charge on any atom is 0.300 e. The van der Waals surface area contributed by atoms with Crippen molar-refractivity contribution in [3.8, 4) is 5.75 Å². The Kier molecular flexibility index (Phi) is 6.66. The van der Waals surface area contributed by atoms with Gasteiger partial charge in [0.1, 0.15) is 11.5 Å². The van der Waals surface area contributed by atoms with Crippen LogP contribution in [0.5, 0.6) is 5.75 Å². The van der Waals surface area contributed by atoms with Crippen LogP contribution in [0.25, 0.3) is 5.76 Å². The third kappa shape index (κ3) is 4.48. The van der Waals surface area contributed by atoms with Crippen LogP contribution in [0.4, 0.5) is 5.69 Å². The van der Waals surface area contributed by atoms with Crippen LogP contribution < -0.4 is 14.8 Å². The Morgan fingerprint density at radius 1 is 1.11 bits per heavy atom. The highest BCUT2D eigenvalue weighted by Gasteiger charge is 2.47. The van der Waals surface area contributed by atoms with Crippen LogP contribution in [-0.2, 0) is 19.6 Å². The average Bonchev–Trinajstić information content (AvgIpc) is 3.13. The highest BCUT2D eigenvalue weighted by atomic mass is 32.2. The molecule has 186 valence electrons. The van der Waals surface area contributed by atoms with Gasteiger partial charge in [0.25, 0.3) is 11.7 Å². The van der Waals surface area contributed by atoms with Crippen LogP contribution in [0.3, 0.4) is 0 Å². The predicted octanol–water partition coefficient (Wildman–Crippen LogP) is 3.49. The zero-order chi connectivity index (χ0) is 26.2. The number of aromatic nitrogens is 1. The Labute approximate surface area is 208 Å². The molecule has 3 N–H and O–H groups in total. The number of amides is 1. The number of ether oxygens (including phenoxy) is 1. The predicted molar refractivity (Wildman–Crippen MR) is 134 cm³/mol. The molecule has 1 fully saturated rings. The van der Waals surface area contributed by atoms with Crippen LogP contribution in [-0.4, -0.2) is 37.3 Å². The summed E-state index contributed by atoms with van der Waals surface area (Å²) < 4.78 is 28.8. The van der Waals surface area contributed by atoms with Gasteiger partial charge in [-0.15, -0.1) is 0 Å². The normalized spacial score (nSPS) is 17.6. The van der Waals surface area contributed by atoms with Crippen molar-refractivity contribution in [2.45, 2.75) is 30.7 Å². The van der Waals surface area contributed by atoms with E-state index in [-0.39, 0.29) is 27.8 Å². The van der Waals surface area contributed by atoms with Crippen molar-refractivity contribution >= 4 is 33.2 Å². The summed E-state index contributed by atoms with van der Waals surface area (Å²) in [6.45, 7) is 3.95. The van der Waals surface area contributed by atoms with E-state index in [2.05, 4.69) is 4.98 Å². The van der Waals surface area contributed by atoms with Crippen molar-refractivity contribution in [1.82, 2.24) is 4.98 Å². The second kappa shape index (κ2) is 9.56. The van der Waals surface area contributed by atoms with E-state index in [1.54, 1.807) is 43.6 Å². The molecular weight excluding hydrogens is 482 g/mol. The number of aliphatic hydroxyl groups excluding tert-OH is 1. The van der Waals surface area contributed by atoms with Crippen molar-refractivity contribution in [1.29, 1.82) is 0 Å². The topological polar surface area (TPSA) is 140 Å². The van der Waals surface area contributed by atoms with Crippen LogP contribution in [0.2, 0.25) is 0 Å². The number of nitrogens with two attached hydrogens (primary N) is 1. The minimum absolute atomic E-state index is 0.0709. The molecule has 2 heterocycles. The van der Waals surface area contributed by atoms with E-state index >= 15 is 0 Å². The first-order chi connectivity index (χ1) is 17.0. The number of nitrogens with zero attached hydrogens (tertiary/aromatic N) is 2. The third-order valence-electron chi connectivity index (χ3n) is 6.01. The standard InChI is InChI=1S/C26H25N3O6S/c1-15(2)20-13-16(6-11-21(20)35-3)24(30)22-23(17-5-4-12-28-14-17)29(26(32)25(22)31)18-7-9-19(10-8-18)36(27,33)34/h4-15,23,30H,1-3H3,(H2,27,33,34)/b24-22-. The summed E-state index contributed by atoms with van der Waals surface area (Å²) >= 11 is 0. The van der Waals surface area contributed by atoms with E-state index < -0.39 is 27.8 Å². The number of ketones is 1. The molecule has 2 aromatic carbocycles. The number of carbonyl (C=O) groups excluding carboxylic acids is 2. The van der Waals surface area contributed by atoms with E-state index in [0.717, 1.165) is 5.56 Å². The lowest BCUT2D eigenvalue weighted by Gasteiger charge is -2.25. The number of pyridine rings is 1. The van der Waals surface area contributed by atoms with Gasteiger partial charge in [0.05, 0.1) is 23.6 Å². The molecule has 0 bridgehead atoms. The molecule has 1 atom stereocenters. The van der Waals surface area contributed by atoms with Crippen molar-refractivity contribution in [2.24, 2.45) is 5.14 Å². The van der Waals surface area contributed by atoms with Gasteiger partial charge < -0.3 is 9.84 Å². The van der Waals surface area contributed by atoms with Gasteiger partial charge in [-0.3, -0.25) is 19.5 Å². The summed E-state index contributed by atoms with van der Waals surface area (Å²) in [6, 6.07) is 12.7. The molecule has 1 unspecified atom stereocenters. The number of Topliss-reactive ketones (excluding diaryl/α,β-unsaturated/α-hetero) is 1. The van der Waals surface area contributed by atoms with E-state index in [1.807, 2.05) is 13.8 Å². The number of hydrogen-bond acceptors (Lipinski definition) is 7. The van der Waals surface area contributed by atoms with E-state index in [9.17, 15) is 23.1 Å². The molecule has 1 amide bonds. The van der Waals surface area contributed by atoms with Crippen LogP contribution >= 0.6 is 0 Å². The first-order valence-corrected chi connectivity index (χ1v) is 12.6. The maximum absolute atomic E-state index is 13.3. The lowest BCUT2D eigenvalue weighted by atomic mass is 9.93. The van der Waals surface area contributed by atoms with Gasteiger partial charge in [-0.1, -0.05) is 19.9 Å². The molecule has 1 saturated heterocycles.